The first-order valence-electron chi connectivity index (χ1n) is 14.5. The number of benzene rings is 1. The molecule has 2 aromatic heterocycles. The third-order valence-electron chi connectivity index (χ3n) is 8.84. The number of rotatable bonds is 7. The molecule has 0 aliphatic carbocycles. The van der Waals surface area contributed by atoms with Crippen LogP contribution in [0.3, 0.4) is 0 Å². The summed E-state index contributed by atoms with van der Waals surface area (Å²) in [5.74, 6) is 0.968. The molecule has 0 N–H and O–H groups in total. The van der Waals surface area contributed by atoms with E-state index in [1.165, 1.54) is 23.1 Å². The molecule has 0 saturated carbocycles. The van der Waals surface area contributed by atoms with Crippen molar-refractivity contribution in [3.05, 3.63) is 53.7 Å². The summed E-state index contributed by atoms with van der Waals surface area (Å²) in [5.41, 5.74) is 3.99. The molecular weight excluding hydrogens is 525 g/mol. The topological polar surface area (TPSA) is 70.8 Å². The highest BCUT2D eigenvalue weighted by atomic mass is 32.2. The molecular formula is C31H42FN5O2S. The van der Waals surface area contributed by atoms with Crippen molar-refractivity contribution < 1.29 is 13.4 Å². The molecule has 0 radical (unpaired) electrons. The molecule has 40 heavy (non-hydrogen) atoms. The minimum absolute atomic E-state index is 0.188. The predicted molar refractivity (Wildman–Crippen MR) is 159 cm³/mol. The number of pyridine rings is 1. The first-order chi connectivity index (χ1) is 19.1. The van der Waals surface area contributed by atoms with Gasteiger partial charge in [-0.3, -0.25) is 9.78 Å². The van der Waals surface area contributed by atoms with Gasteiger partial charge in [-0.05, 0) is 94.2 Å². The van der Waals surface area contributed by atoms with Crippen LogP contribution in [0.2, 0.25) is 0 Å². The van der Waals surface area contributed by atoms with E-state index in [0.717, 1.165) is 69.5 Å². The Hall–Kier alpha value is -2.78. The molecule has 2 saturated heterocycles. The standard InChI is InChI=1S/C31H42FN5O2S/c1-21(2)40(39,33-5)30-15-27(32)6-7-28(30)37-20-26(31-22(3)16-34-17-29(31)37)14-25-8-11-35(19-25)18-24-9-12-36(13-10-24)23(4)38/h6-7,15-17,20-21,24-25H,8-14,18-19H2,1-5H3/t25-,40?/m1/s1. The Balaban J connectivity index is 1.41. The molecule has 216 valence electrons. The average molecular weight is 568 g/mol. The third kappa shape index (κ3) is 5.55. The van der Waals surface area contributed by atoms with Crippen LogP contribution >= 0.6 is 0 Å². The van der Waals surface area contributed by atoms with E-state index in [-0.39, 0.29) is 11.2 Å². The zero-order valence-corrected chi connectivity index (χ0v) is 25.2. The minimum atomic E-state index is -2.83. The monoisotopic (exact) mass is 567 g/mol. The van der Waals surface area contributed by atoms with E-state index in [9.17, 15) is 13.4 Å². The fourth-order valence-electron chi connectivity index (χ4n) is 6.63. The van der Waals surface area contributed by atoms with E-state index in [4.69, 9.17) is 0 Å². The van der Waals surface area contributed by atoms with Crippen LogP contribution in [0.15, 0.2) is 46.0 Å². The van der Waals surface area contributed by atoms with Gasteiger partial charge in [0.1, 0.15) is 5.82 Å². The van der Waals surface area contributed by atoms with Gasteiger partial charge in [0.2, 0.25) is 5.91 Å². The number of piperidine rings is 1. The Morgan fingerprint density at radius 2 is 1.88 bits per heavy atom. The number of carbonyl (C=O) groups is 1. The number of hydrogen-bond acceptors (Lipinski definition) is 5. The second kappa shape index (κ2) is 11.6. The van der Waals surface area contributed by atoms with E-state index in [1.54, 1.807) is 20.0 Å². The van der Waals surface area contributed by atoms with E-state index in [0.29, 0.717) is 22.4 Å². The van der Waals surface area contributed by atoms with Gasteiger partial charge >= 0.3 is 0 Å². The van der Waals surface area contributed by atoms with Crippen LogP contribution in [-0.2, 0) is 20.9 Å². The van der Waals surface area contributed by atoms with E-state index >= 15 is 0 Å². The molecule has 2 aliphatic heterocycles. The highest BCUT2D eigenvalue weighted by molar-refractivity contribution is 7.94. The zero-order valence-electron chi connectivity index (χ0n) is 24.4. The predicted octanol–water partition coefficient (Wildman–Crippen LogP) is 5.46. The lowest BCUT2D eigenvalue weighted by Gasteiger charge is -2.33. The number of aromatic nitrogens is 2. The number of halogens is 1. The average Bonchev–Trinajstić information content (AvgIpc) is 3.53. The van der Waals surface area contributed by atoms with Gasteiger partial charge in [0.25, 0.3) is 0 Å². The van der Waals surface area contributed by atoms with Crippen LogP contribution in [0.4, 0.5) is 4.39 Å². The number of hydrogen-bond donors (Lipinski definition) is 0. The van der Waals surface area contributed by atoms with E-state index in [1.807, 2.05) is 35.7 Å². The van der Waals surface area contributed by atoms with Crippen molar-refractivity contribution in [2.45, 2.75) is 63.5 Å². The summed E-state index contributed by atoms with van der Waals surface area (Å²) in [4.78, 5) is 21.2. The smallest absolute Gasteiger partial charge is 0.219 e. The van der Waals surface area contributed by atoms with Gasteiger partial charge in [-0.15, -0.1) is 0 Å². The van der Waals surface area contributed by atoms with Crippen LogP contribution in [0.5, 0.6) is 0 Å². The summed E-state index contributed by atoms with van der Waals surface area (Å²) in [6.07, 6.45) is 10.2. The van der Waals surface area contributed by atoms with Crippen LogP contribution < -0.4 is 0 Å². The summed E-state index contributed by atoms with van der Waals surface area (Å²) in [6, 6.07) is 4.53. The van der Waals surface area contributed by atoms with E-state index in [2.05, 4.69) is 27.4 Å². The largest absolute Gasteiger partial charge is 0.343 e. The maximum Gasteiger partial charge on any atom is 0.219 e. The molecule has 2 aliphatic rings. The summed E-state index contributed by atoms with van der Waals surface area (Å²) in [5, 5.41) is 0.906. The number of fused-ring (bicyclic) bond motifs is 1. The van der Waals surface area contributed by atoms with Gasteiger partial charge in [0, 0.05) is 63.2 Å². The van der Waals surface area contributed by atoms with Crippen molar-refractivity contribution in [1.82, 2.24) is 19.4 Å². The summed E-state index contributed by atoms with van der Waals surface area (Å²) < 4.78 is 34.8. The Bertz CT molecular complexity index is 1520. The van der Waals surface area contributed by atoms with Gasteiger partial charge in [-0.25, -0.2) is 13.0 Å². The quantitative estimate of drug-likeness (QED) is 0.380. The fraction of sp³-hybridized carbons (Fsp3) is 0.548. The number of likely N-dealkylation sites (tertiary alicyclic amines) is 2. The summed E-state index contributed by atoms with van der Waals surface area (Å²) in [7, 11) is -1.27. The number of amides is 1. The lowest BCUT2D eigenvalue weighted by molar-refractivity contribution is -0.130. The molecule has 5 rings (SSSR count). The fourth-order valence-corrected chi connectivity index (χ4v) is 8.51. The van der Waals surface area contributed by atoms with Gasteiger partial charge < -0.3 is 14.4 Å². The molecule has 0 bridgehead atoms. The van der Waals surface area contributed by atoms with Crippen LogP contribution in [-0.4, -0.2) is 74.5 Å². The molecule has 1 aromatic carbocycles. The Labute approximate surface area is 237 Å². The van der Waals surface area contributed by atoms with Crippen molar-refractivity contribution >= 4 is 26.5 Å². The molecule has 2 fully saturated rings. The third-order valence-corrected chi connectivity index (χ3v) is 11.6. The van der Waals surface area contributed by atoms with Gasteiger partial charge in [0.05, 0.1) is 32.0 Å². The number of carbonyl (C=O) groups excluding carboxylic acids is 1. The Morgan fingerprint density at radius 3 is 2.55 bits per heavy atom. The minimum Gasteiger partial charge on any atom is -0.343 e. The molecule has 4 heterocycles. The number of aryl methyl sites for hydroxylation is 1. The first kappa shape index (κ1) is 28.7. The van der Waals surface area contributed by atoms with Crippen LogP contribution in [0.1, 0.15) is 51.2 Å². The van der Waals surface area contributed by atoms with Crippen LogP contribution in [0.25, 0.3) is 16.6 Å². The zero-order chi connectivity index (χ0) is 28.6. The Kier molecular flexibility index (Phi) is 8.34. The molecule has 2 atom stereocenters. The highest BCUT2D eigenvalue weighted by Crippen LogP contribution is 2.35. The van der Waals surface area contributed by atoms with Gasteiger partial charge in [-0.2, -0.15) is 0 Å². The van der Waals surface area contributed by atoms with Gasteiger partial charge in [0.15, 0.2) is 0 Å². The molecule has 1 unspecified atom stereocenters. The molecule has 1 amide bonds. The summed E-state index contributed by atoms with van der Waals surface area (Å²) >= 11 is 0. The normalized spacial score (nSPS) is 20.4. The van der Waals surface area contributed by atoms with Crippen molar-refractivity contribution in [2.75, 3.05) is 39.8 Å². The second-order valence-electron chi connectivity index (χ2n) is 11.9. The Morgan fingerprint density at radius 1 is 1.15 bits per heavy atom. The number of nitrogens with zero attached hydrogens (tertiary/aromatic N) is 5. The van der Waals surface area contributed by atoms with Crippen molar-refractivity contribution in [3.63, 3.8) is 0 Å². The van der Waals surface area contributed by atoms with Crippen LogP contribution in [0, 0.1) is 24.6 Å². The SMILES string of the molecule is CN=S(=O)(c1cc(F)ccc1-n1cc(C[C@H]2CCN(CC3CCN(C(C)=O)CC3)C2)c2c(C)cncc21)C(C)C. The molecule has 3 aromatic rings. The molecule has 9 heteroatoms. The van der Waals surface area contributed by atoms with Crippen molar-refractivity contribution in [2.24, 2.45) is 16.2 Å². The maximum absolute atomic E-state index is 14.5. The van der Waals surface area contributed by atoms with E-state index < -0.39 is 15.5 Å². The second-order valence-corrected chi connectivity index (χ2v) is 14.7. The maximum atomic E-state index is 14.5. The molecule has 7 nitrogen and oxygen atoms in total. The first-order valence-corrected chi connectivity index (χ1v) is 16.0. The van der Waals surface area contributed by atoms with Gasteiger partial charge in [-0.1, -0.05) is 0 Å². The lowest BCUT2D eigenvalue weighted by atomic mass is 9.96. The molecule has 0 spiro atoms. The highest BCUT2D eigenvalue weighted by Gasteiger charge is 2.29. The summed E-state index contributed by atoms with van der Waals surface area (Å²) in [6.45, 7) is 12.5. The van der Waals surface area contributed by atoms with Crippen molar-refractivity contribution in [3.8, 4) is 5.69 Å². The van der Waals surface area contributed by atoms with Crippen molar-refractivity contribution in [1.29, 1.82) is 0 Å². The lowest BCUT2D eigenvalue weighted by Crippen LogP contribution is -2.40.